The molecule has 0 radical (unpaired) electrons. The van der Waals surface area contributed by atoms with E-state index in [9.17, 15) is 0 Å². The summed E-state index contributed by atoms with van der Waals surface area (Å²) in [5.74, 6) is 0.576. The molecule has 1 aromatic heterocycles. The number of nitrogens with zero attached hydrogens (tertiary/aromatic N) is 2. The molecule has 1 N–H and O–H groups in total. The predicted molar refractivity (Wildman–Crippen MR) is 67.9 cm³/mol. The Morgan fingerprint density at radius 1 is 1.65 bits per heavy atom. The summed E-state index contributed by atoms with van der Waals surface area (Å²) in [5.41, 5.74) is 2.45. The molecule has 2 unspecified atom stereocenters. The van der Waals surface area contributed by atoms with Crippen molar-refractivity contribution in [3.8, 4) is 0 Å². The topological polar surface area (TPSA) is 39.1 Å². The van der Waals surface area contributed by atoms with Crippen molar-refractivity contribution in [2.75, 3.05) is 19.8 Å². The fourth-order valence-corrected chi connectivity index (χ4v) is 2.70. The Morgan fingerprint density at radius 3 is 3.00 bits per heavy atom. The van der Waals surface area contributed by atoms with Crippen LogP contribution < -0.4 is 5.32 Å². The number of ether oxygens (including phenoxy) is 1. The molecule has 1 aliphatic rings. The van der Waals surface area contributed by atoms with Gasteiger partial charge in [-0.05, 0) is 26.3 Å². The zero-order chi connectivity index (χ0) is 12.3. The monoisotopic (exact) mass is 237 g/mol. The molecule has 1 fully saturated rings. The molecule has 2 rings (SSSR count). The molecular weight excluding hydrogens is 214 g/mol. The number of nitrogens with one attached hydrogen (secondary N) is 1. The summed E-state index contributed by atoms with van der Waals surface area (Å²) in [5, 5.41) is 8.03. The Morgan fingerprint density at radius 2 is 2.47 bits per heavy atom. The highest BCUT2D eigenvalue weighted by Crippen LogP contribution is 2.30. The Labute approximate surface area is 103 Å². The van der Waals surface area contributed by atoms with Crippen LogP contribution in [0.2, 0.25) is 0 Å². The van der Waals surface area contributed by atoms with Gasteiger partial charge in [0.2, 0.25) is 0 Å². The first kappa shape index (κ1) is 12.6. The van der Waals surface area contributed by atoms with Gasteiger partial charge in [0.1, 0.15) is 0 Å². The molecule has 17 heavy (non-hydrogen) atoms. The second kappa shape index (κ2) is 5.65. The molecule has 1 aromatic rings. The van der Waals surface area contributed by atoms with E-state index in [1.807, 2.05) is 11.7 Å². The Kier molecular flexibility index (Phi) is 4.18. The van der Waals surface area contributed by atoms with Crippen LogP contribution in [0.1, 0.15) is 37.1 Å². The first-order valence-corrected chi connectivity index (χ1v) is 6.53. The van der Waals surface area contributed by atoms with E-state index in [1.165, 1.54) is 18.4 Å². The lowest BCUT2D eigenvalue weighted by Gasteiger charge is -2.30. The molecule has 4 nitrogen and oxygen atoms in total. The average molecular weight is 237 g/mol. The van der Waals surface area contributed by atoms with Gasteiger partial charge in [0.15, 0.2) is 0 Å². The van der Waals surface area contributed by atoms with Gasteiger partial charge < -0.3 is 10.1 Å². The summed E-state index contributed by atoms with van der Waals surface area (Å²) < 4.78 is 7.51. The molecule has 0 bridgehead atoms. The van der Waals surface area contributed by atoms with Crippen molar-refractivity contribution in [3.05, 3.63) is 17.5 Å². The maximum Gasteiger partial charge on any atom is 0.0641 e. The van der Waals surface area contributed by atoms with E-state index < -0.39 is 0 Å². The Bertz CT molecular complexity index is 356. The zero-order valence-electron chi connectivity index (χ0n) is 11.1. The van der Waals surface area contributed by atoms with Crippen LogP contribution in [0.5, 0.6) is 0 Å². The molecule has 1 saturated heterocycles. The molecular formula is C13H23N3O. The van der Waals surface area contributed by atoms with Crippen LogP contribution in [-0.4, -0.2) is 29.5 Å². The molecule has 0 saturated carbocycles. The normalized spacial score (nSPS) is 22.6. The van der Waals surface area contributed by atoms with Crippen LogP contribution in [0.15, 0.2) is 6.20 Å². The minimum Gasteiger partial charge on any atom is -0.381 e. The lowest BCUT2D eigenvalue weighted by Crippen LogP contribution is -2.33. The van der Waals surface area contributed by atoms with Crippen LogP contribution in [-0.2, 0) is 11.8 Å². The van der Waals surface area contributed by atoms with Gasteiger partial charge in [0.05, 0.1) is 12.3 Å². The number of aryl methyl sites for hydroxylation is 2. The van der Waals surface area contributed by atoms with E-state index >= 15 is 0 Å². The van der Waals surface area contributed by atoms with Crippen molar-refractivity contribution < 1.29 is 4.74 Å². The van der Waals surface area contributed by atoms with Gasteiger partial charge in [0.25, 0.3) is 0 Å². The van der Waals surface area contributed by atoms with E-state index in [2.05, 4.69) is 30.5 Å². The second-order valence-corrected chi connectivity index (χ2v) is 4.86. The minimum atomic E-state index is 0.383. The van der Waals surface area contributed by atoms with Crippen molar-refractivity contribution in [2.45, 2.75) is 32.7 Å². The third kappa shape index (κ3) is 2.87. The van der Waals surface area contributed by atoms with Crippen molar-refractivity contribution in [1.29, 1.82) is 0 Å². The zero-order valence-corrected chi connectivity index (χ0v) is 11.1. The van der Waals surface area contributed by atoms with Gasteiger partial charge in [-0.3, -0.25) is 4.68 Å². The van der Waals surface area contributed by atoms with Crippen molar-refractivity contribution in [3.63, 3.8) is 0 Å². The second-order valence-electron chi connectivity index (χ2n) is 4.86. The number of hydrogen-bond donors (Lipinski definition) is 1. The van der Waals surface area contributed by atoms with E-state index in [0.29, 0.717) is 12.0 Å². The van der Waals surface area contributed by atoms with Crippen LogP contribution >= 0.6 is 0 Å². The summed E-state index contributed by atoms with van der Waals surface area (Å²) in [4.78, 5) is 0. The molecule has 0 spiro atoms. The average Bonchev–Trinajstić information content (AvgIpc) is 2.66. The number of hydrogen-bond acceptors (Lipinski definition) is 3. The third-order valence-electron chi connectivity index (χ3n) is 3.48. The highest BCUT2D eigenvalue weighted by molar-refractivity contribution is 5.21. The lowest BCUT2D eigenvalue weighted by atomic mass is 9.89. The van der Waals surface area contributed by atoms with Crippen molar-refractivity contribution >= 4 is 0 Å². The van der Waals surface area contributed by atoms with Crippen molar-refractivity contribution in [2.24, 2.45) is 13.0 Å². The third-order valence-corrected chi connectivity index (χ3v) is 3.48. The van der Waals surface area contributed by atoms with Crippen LogP contribution in [0.3, 0.4) is 0 Å². The van der Waals surface area contributed by atoms with Gasteiger partial charge >= 0.3 is 0 Å². The van der Waals surface area contributed by atoms with Gasteiger partial charge in [-0.1, -0.05) is 6.92 Å². The van der Waals surface area contributed by atoms with Crippen LogP contribution in [0.25, 0.3) is 0 Å². The van der Waals surface area contributed by atoms with Crippen LogP contribution in [0.4, 0.5) is 0 Å². The largest absolute Gasteiger partial charge is 0.381 e. The summed E-state index contributed by atoms with van der Waals surface area (Å²) in [6.07, 6.45) is 4.55. The summed E-state index contributed by atoms with van der Waals surface area (Å²) in [6.45, 7) is 7.01. The van der Waals surface area contributed by atoms with Crippen molar-refractivity contribution in [1.82, 2.24) is 15.1 Å². The molecule has 4 heteroatoms. The summed E-state index contributed by atoms with van der Waals surface area (Å²) in [6, 6.07) is 0.383. The van der Waals surface area contributed by atoms with E-state index in [-0.39, 0.29) is 0 Å². The quantitative estimate of drug-likeness (QED) is 0.868. The smallest absolute Gasteiger partial charge is 0.0641 e. The lowest BCUT2D eigenvalue weighted by molar-refractivity contribution is 0.0392. The first-order chi connectivity index (χ1) is 8.22. The fraction of sp³-hybridized carbons (Fsp3) is 0.769. The molecule has 0 amide bonds. The van der Waals surface area contributed by atoms with Gasteiger partial charge in [-0.15, -0.1) is 0 Å². The Hall–Kier alpha value is -0.870. The molecule has 2 atom stereocenters. The first-order valence-electron chi connectivity index (χ1n) is 6.53. The maximum absolute atomic E-state index is 5.61. The molecule has 0 aliphatic carbocycles. The molecule has 0 aromatic carbocycles. The highest BCUT2D eigenvalue weighted by atomic mass is 16.5. The van der Waals surface area contributed by atoms with Crippen LogP contribution in [0, 0.1) is 12.8 Å². The van der Waals surface area contributed by atoms with E-state index in [0.717, 1.165) is 25.5 Å². The maximum atomic E-state index is 5.61. The summed E-state index contributed by atoms with van der Waals surface area (Å²) in [7, 11) is 1.98. The number of aromatic nitrogens is 2. The van der Waals surface area contributed by atoms with Gasteiger partial charge in [0, 0.05) is 37.4 Å². The fourth-order valence-electron chi connectivity index (χ4n) is 2.70. The standard InChI is InChI=1S/C13H23N3O/c1-4-14-13(11-6-5-7-17-9-11)12-8-16(3)15-10(12)2/h8,11,13-14H,4-7,9H2,1-3H3. The molecule has 1 aliphatic heterocycles. The molecule has 96 valence electrons. The SMILES string of the molecule is CCNC(c1cn(C)nc1C)C1CCCOC1. The van der Waals surface area contributed by atoms with Gasteiger partial charge in [-0.2, -0.15) is 5.10 Å². The van der Waals surface area contributed by atoms with E-state index in [1.54, 1.807) is 0 Å². The van der Waals surface area contributed by atoms with Gasteiger partial charge in [-0.25, -0.2) is 0 Å². The number of rotatable bonds is 4. The Balaban J connectivity index is 2.18. The molecule has 2 heterocycles. The summed E-state index contributed by atoms with van der Waals surface area (Å²) >= 11 is 0. The minimum absolute atomic E-state index is 0.383. The highest BCUT2D eigenvalue weighted by Gasteiger charge is 2.27. The van der Waals surface area contributed by atoms with E-state index in [4.69, 9.17) is 4.74 Å². The predicted octanol–water partition coefficient (Wildman–Crippen LogP) is 1.81.